The fourth-order valence-electron chi connectivity index (χ4n) is 7.80. The molecule has 0 saturated heterocycles. The number of rotatable bonds is 6. The molecule has 0 spiro atoms. The Kier molecular flexibility index (Phi) is 6.83. The van der Waals surface area contributed by atoms with Gasteiger partial charge in [0.1, 0.15) is 11.6 Å². The van der Waals surface area contributed by atoms with Crippen molar-refractivity contribution < 1.29 is 24.6 Å². The summed E-state index contributed by atoms with van der Waals surface area (Å²) in [4.78, 5) is 28.7. The molecular weight excluding hydrogens is 444 g/mol. The van der Waals surface area contributed by atoms with Crippen LogP contribution in [0.15, 0.2) is 16.8 Å². The van der Waals surface area contributed by atoms with Crippen LogP contribution >= 0.6 is 0 Å². The van der Waals surface area contributed by atoms with Gasteiger partial charge in [0.15, 0.2) is 6.61 Å². The zero-order valence-electron chi connectivity index (χ0n) is 21.5. The number of carbonyl (C=O) groups excluding carboxylic acids is 1. The first-order valence-electron chi connectivity index (χ1n) is 13.1. The number of carboxylic acid groups (broad SMARTS) is 1. The Hall–Kier alpha value is -2.33. The monoisotopic (exact) mass is 484 g/mol. The summed E-state index contributed by atoms with van der Waals surface area (Å²) in [5, 5.41) is 27.1. The number of hydrogen-bond acceptors (Lipinski definition) is 5. The van der Waals surface area contributed by atoms with E-state index in [1.54, 1.807) is 13.8 Å². The lowest BCUT2D eigenvalue weighted by molar-refractivity contribution is -0.143. The number of hydrogen-bond donors (Lipinski definition) is 3. The number of nitrogens with one attached hydrogen (secondary N) is 1. The molecule has 7 nitrogen and oxygen atoms in total. The number of carboxylic acids is 1. The van der Waals surface area contributed by atoms with E-state index in [0.717, 1.165) is 50.7 Å². The van der Waals surface area contributed by atoms with E-state index >= 15 is 0 Å². The fraction of sp³-hybridized carbons (Fsp3) is 0.750. The molecule has 4 aliphatic rings. The minimum Gasteiger partial charge on any atom is -0.480 e. The Bertz CT molecular complexity index is 980. The van der Waals surface area contributed by atoms with Crippen LogP contribution in [-0.4, -0.2) is 46.1 Å². The molecule has 4 rings (SSSR count). The van der Waals surface area contributed by atoms with Crippen molar-refractivity contribution in [3.8, 4) is 12.3 Å². The predicted molar refractivity (Wildman–Crippen MR) is 133 cm³/mol. The van der Waals surface area contributed by atoms with Crippen LogP contribution in [0.4, 0.5) is 0 Å². The Balaban J connectivity index is 1.41. The first-order chi connectivity index (χ1) is 16.4. The fourth-order valence-corrected chi connectivity index (χ4v) is 7.80. The molecule has 0 bridgehead atoms. The van der Waals surface area contributed by atoms with E-state index in [0.29, 0.717) is 24.2 Å². The number of aliphatic carboxylic acids is 1. The van der Waals surface area contributed by atoms with Gasteiger partial charge in [-0.25, -0.2) is 4.79 Å². The summed E-state index contributed by atoms with van der Waals surface area (Å²) in [6.45, 7) is 7.80. The number of aliphatic hydroxyl groups is 1. The van der Waals surface area contributed by atoms with Gasteiger partial charge in [0.2, 0.25) is 0 Å². The number of nitrogens with zero attached hydrogens (tertiary/aromatic N) is 1. The third-order valence-electron chi connectivity index (χ3n) is 9.99. The Morgan fingerprint density at radius 3 is 2.57 bits per heavy atom. The smallest absolute Gasteiger partial charge is 0.326 e. The van der Waals surface area contributed by atoms with Crippen LogP contribution in [0, 0.1) is 46.8 Å². The third kappa shape index (κ3) is 4.28. The van der Waals surface area contributed by atoms with E-state index in [2.05, 4.69) is 36.3 Å². The summed E-state index contributed by atoms with van der Waals surface area (Å²) in [5.41, 5.74) is 1.20. The quantitative estimate of drug-likeness (QED) is 0.391. The molecule has 3 saturated carbocycles. The van der Waals surface area contributed by atoms with Crippen LogP contribution < -0.4 is 5.32 Å². The molecule has 0 radical (unpaired) electrons. The van der Waals surface area contributed by atoms with E-state index in [1.165, 1.54) is 5.57 Å². The van der Waals surface area contributed by atoms with Crippen molar-refractivity contribution in [2.45, 2.75) is 90.7 Å². The number of allylic oxidation sites excluding steroid dienone is 2. The van der Waals surface area contributed by atoms with Crippen molar-refractivity contribution in [1.82, 2.24) is 5.32 Å². The van der Waals surface area contributed by atoms with Crippen LogP contribution in [0.2, 0.25) is 0 Å². The lowest BCUT2D eigenvalue weighted by atomic mass is 9.46. The topological polar surface area (TPSA) is 108 Å². The van der Waals surface area contributed by atoms with Gasteiger partial charge >= 0.3 is 5.97 Å². The second kappa shape index (κ2) is 9.28. The lowest BCUT2D eigenvalue weighted by Crippen LogP contribution is -2.54. The average molecular weight is 485 g/mol. The summed E-state index contributed by atoms with van der Waals surface area (Å²) < 4.78 is 0. The van der Waals surface area contributed by atoms with Crippen molar-refractivity contribution in [3.63, 3.8) is 0 Å². The standard InChI is InChI=1S/C28H40N2O5/c1-6-28(34)14-11-22-20-8-7-18-15-19(9-12-26(18,4)21(20)10-13-27(22,28)5)30-35-16-23(31)29-24(17(2)3)25(32)33/h1,15,17,20-22,24,34H,7-14,16H2,2-5H3,(H,29,31)(H,32,33)/t20-,21+,22+,24?,26+,27+,28-/m1/s1. The molecule has 4 aliphatic carbocycles. The number of oxime groups is 1. The predicted octanol–water partition coefficient (Wildman–Crippen LogP) is 3.91. The Morgan fingerprint density at radius 1 is 1.20 bits per heavy atom. The third-order valence-corrected chi connectivity index (χ3v) is 9.99. The highest BCUT2D eigenvalue weighted by atomic mass is 16.6. The van der Waals surface area contributed by atoms with Crippen LogP contribution in [0.5, 0.6) is 0 Å². The first kappa shape index (κ1) is 25.8. The molecular formula is C28H40N2O5. The zero-order valence-corrected chi connectivity index (χ0v) is 21.5. The second-order valence-corrected chi connectivity index (χ2v) is 12.0. The SMILES string of the molecule is C#C[C@@]1(O)CC[C@H]2[C@@H]3CCC4=CC(=NOCC(=O)NC(C(=O)O)C(C)C)CC[C@]4(C)[C@H]3CC[C@@]21C. The molecule has 0 aromatic heterocycles. The largest absolute Gasteiger partial charge is 0.480 e. The summed E-state index contributed by atoms with van der Waals surface area (Å²) in [5.74, 6) is 2.62. The highest BCUT2D eigenvalue weighted by Gasteiger charge is 2.63. The molecule has 0 aromatic rings. The molecule has 3 N–H and O–H groups in total. The molecule has 1 unspecified atom stereocenters. The minimum absolute atomic E-state index is 0.115. The van der Waals surface area contributed by atoms with Gasteiger partial charge in [-0.3, -0.25) is 4.79 Å². The van der Waals surface area contributed by atoms with Gasteiger partial charge in [0.25, 0.3) is 5.91 Å². The van der Waals surface area contributed by atoms with Crippen LogP contribution in [0.25, 0.3) is 0 Å². The van der Waals surface area contributed by atoms with E-state index in [9.17, 15) is 19.8 Å². The van der Waals surface area contributed by atoms with Gasteiger partial charge < -0.3 is 20.4 Å². The zero-order chi connectivity index (χ0) is 25.6. The van der Waals surface area contributed by atoms with Crippen molar-refractivity contribution in [1.29, 1.82) is 0 Å². The van der Waals surface area contributed by atoms with Crippen LogP contribution in [0.3, 0.4) is 0 Å². The van der Waals surface area contributed by atoms with Gasteiger partial charge in [-0.05, 0) is 86.5 Å². The maximum Gasteiger partial charge on any atom is 0.326 e. The van der Waals surface area contributed by atoms with Gasteiger partial charge in [-0.2, -0.15) is 0 Å². The van der Waals surface area contributed by atoms with Crippen molar-refractivity contribution in [3.05, 3.63) is 11.6 Å². The van der Waals surface area contributed by atoms with E-state index in [1.807, 2.05) is 0 Å². The molecule has 0 aliphatic heterocycles. The summed E-state index contributed by atoms with van der Waals surface area (Å²) in [6.07, 6.45) is 15.6. The summed E-state index contributed by atoms with van der Waals surface area (Å²) >= 11 is 0. The molecule has 192 valence electrons. The molecule has 7 atom stereocenters. The number of terminal acetylenes is 1. The Labute approximate surface area is 208 Å². The number of amides is 1. The normalized spacial score (nSPS) is 40.1. The summed E-state index contributed by atoms with van der Waals surface area (Å²) in [6, 6.07) is -0.944. The van der Waals surface area contributed by atoms with Crippen molar-refractivity contribution in [2.75, 3.05) is 6.61 Å². The first-order valence-corrected chi connectivity index (χ1v) is 13.1. The lowest BCUT2D eigenvalue weighted by Gasteiger charge is -2.58. The highest BCUT2D eigenvalue weighted by molar-refractivity contribution is 5.96. The van der Waals surface area contributed by atoms with Gasteiger partial charge in [0.05, 0.1) is 5.71 Å². The van der Waals surface area contributed by atoms with Gasteiger partial charge in [0, 0.05) is 5.41 Å². The second-order valence-electron chi connectivity index (χ2n) is 12.0. The van der Waals surface area contributed by atoms with Crippen molar-refractivity contribution in [2.24, 2.45) is 39.7 Å². The van der Waals surface area contributed by atoms with Gasteiger partial charge in [-0.1, -0.05) is 44.3 Å². The molecule has 35 heavy (non-hydrogen) atoms. The molecule has 1 amide bonds. The minimum atomic E-state index is -1.06. The highest BCUT2D eigenvalue weighted by Crippen LogP contribution is 2.67. The van der Waals surface area contributed by atoms with E-state index in [-0.39, 0.29) is 23.4 Å². The van der Waals surface area contributed by atoms with E-state index in [4.69, 9.17) is 11.3 Å². The van der Waals surface area contributed by atoms with E-state index < -0.39 is 23.5 Å². The number of fused-ring (bicyclic) bond motifs is 5. The molecule has 0 heterocycles. The molecule has 0 aromatic carbocycles. The molecule has 7 heteroatoms. The number of carbonyl (C=O) groups is 2. The van der Waals surface area contributed by atoms with Crippen molar-refractivity contribution >= 4 is 17.6 Å². The maximum atomic E-state index is 12.1. The van der Waals surface area contributed by atoms with Gasteiger partial charge in [-0.15, -0.1) is 6.42 Å². The average Bonchev–Trinajstić information content (AvgIpc) is 3.08. The maximum absolute atomic E-state index is 12.1. The van der Waals surface area contributed by atoms with Crippen LogP contribution in [0.1, 0.15) is 79.1 Å². The van der Waals surface area contributed by atoms with Crippen LogP contribution in [-0.2, 0) is 14.4 Å². The molecule has 3 fully saturated rings. The summed E-state index contributed by atoms with van der Waals surface area (Å²) in [7, 11) is 0. The Morgan fingerprint density at radius 2 is 1.91 bits per heavy atom.